The number of aromatic nitrogens is 4. The van der Waals surface area contributed by atoms with Crippen LogP contribution in [0.25, 0.3) is 33.4 Å². The number of pyridine rings is 1. The third-order valence-electron chi connectivity index (χ3n) is 4.22. The number of nitrogens with one attached hydrogen (secondary N) is 2. The van der Waals surface area contributed by atoms with E-state index in [0.29, 0.717) is 11.3 Å². The lowest BCUT2D eigenvalue weighted by Crippen LogP contribution is -2.11. The van der Waals surface area contributed by atoms with E-state index >= 15 is 0 Å². The number of H-pyrrole nitrogens is 1. The molecule has 0 atom stereocenters. The smallest absolute Gasteiger partial charge is 0.250 e. The maximum Gasteiger partial charge on any atom is 0.250 e. The molecule has 0 aliphatic rings. The number of nitrogens with zero attached hydrogens (tertiary/aromatic N) is 3. The van der Waals surface area contributed by atoms with E-state index in [2.05, 4.69) is 31.8 Å². The van der Waals surface area contributed by atoms with Gasteiger partial charge in [-0.25, -0.2) is 9.97 Å². The molecule has 3 aromatic heterocycles. The van der Waals surface area contributed by atoms with Crippen LogP contribution >= 0.6 is 0 Å². The molecule has 2 N–H and O–H groups in total. The Morgan fingerprint density at radius 1 is 1.15 bits per heavy atom. The molecule has 0 bridgehead atoms. The summed E-state index contributed by atoms with van der Waals surface area (Å²) in [4.78, 5) is 28.2. The number of carbonyl (C=O) groups excluding carboxylic acids is 1. The molecule has 3 heterocycles. The lowest BCUT2D eigenvalue weighted by Gasteiger charge is -2.09. The van der Waals surface area contributed by atoms with Crippen molar-refractivity contribution in [3.8, 4) is 22.4 Å². The fourth-order valence-corrected chi connectivity index (χ4v) is 2.91. The summed E-state index contributed by atoms with van der Waals surface area (Å²) in [6.45, 7) is 5.34. The van der Waals surface area contributed by atoms with Crippen molar-refractivity contribution in [1.29, 1.82) is 0 Å². The van der Waals surface area contributed by atoms with Crippen LogP contribution in [-0.2, 0) is 4.79 Å². The first-order valence-electron chi connectivity index (χ1n) is 8.43. The Hall–Kier alpha value is -3.80. The molecule has 4 rings (SSSR count). The number of rotatable bonds is 4. The molecule has 0 saturated carbocycles. The molecular formula is C21H17N5O. The second kappa shape index (κ2) is 6.84. The highest BCUT2D eigenvalue weighted by Crippen LogP contribution is 2.34. The topological polar surface area (TPSA) is 83.6 Å². The van der Waals surface area contributed by atoms with Gasteiger partial charge in [-0.3, -0.25) is 9.78 Å². The number of benzene rings is 1. The van der Waals surface area contributed by atoms with Gasteiger partial charge in [0.05, 0.1) is 11.1 Å². The van der Waals surface area contributed by atoms with E-state index in [0.717, 1.165) is 33.4 Å². The van der Waals surface area contributed by atoms with Gasteiger partial charge >= 0.3 is 0 Å². The van der Waals surface area contributed by atoms with E-state index < -0.39 is 0 Å². The number of amides is 1. The van der Waals surface area contributed by atoms with Gasteiger partial charge in [0.2, 0.25) is 0 Å². The molecular weight excluding hydrogens is 338 g/mol. The Kier molecular flexibility index (Phi) is 4.22. The zero-order valence-electron chi connectivity index (χ0n) is 14.7. The highest BCUT2D eigenvalue weighted by Gasteiger charge is 2.15. The van der Waals surface area contributed by atoms with E-state index in [1.165, 1.54) is 6.33 Å². The maximum atomic E-state index is 11.9. The minimum Gasteiger partial charge on any atom is -0.345 e. The average Bonchev–Trinajstić information content (AvgIpc) is 3.13. The van der Waals surface area contributed by atoms with Crippen molar-refractivity contribution in [3.63, 3.8) is 0 Å². The van der Waals surface area contributed by atoms with Crippen molar-refractivity contribution in [2.24, 2.45) is 0 Å². The summed E-state index contributed by atoms with van der Waals surface area (Å²) in [5.41, 5.74) is 5.50. The second-order valence-electron chi connectivity index (χ2n) is 6.21. The molecule has 0 spiro atoms. The quantitative estimate of drug-likeness (QED) is 0.537. The van der Waals surface area contributed by atoms with Gasteiger partial charge in [0, 0.05) is 46.5 Å². The zero-order chi connectivity index (χ0) is 18.8. The minimum absolute atomic E-state index is 0.210. The number of carbonyl (C=O) groups is 1. The number of fused-ring (bicyclic) bond motifs is 1. The van der Waals surface area contributed by atoms with Crippen LogP contribution in [0.4, 0.5) is 5.69 Å². The molecule has 6 heteroatoms. The third-order valence-corrected chi connectivity index (χ3v) is 4.22. The van der Waals surface area contributed by atoms with Gasteiger partial charge in [-0.15, -0.1) is 0 Å². The fraction of sp³-hybridized carbons (Fsp3) is 0.0476. The largest absolute Gasteiger partial charge is 0.345 e. The predicted molar refractivity (Wildman–Crippen MR) is 106 cm³/mol. The summed E-state index contributed by atoms with van der Waals surface area (Å²) in [7, 11) is 0. The second-order valence-corrected chi connectivity index (χ2v) is 6.21. The van der Waals surface area contributed by atoms with Crippen molar-refractivity contribution in [3.05, 3.63) is 73.5 Å². The van der Waals surface area contributed by atoms with Crippen LogP contribution in [0.1, 0.15) is 6.92 Å². The van der Waals surface area contributed by atoms with E-state index in [9.17, 15) is 4.79 Å². The Bertz CT molecular complexity index is 1150. The summed E-state index contributed by atoms with van der Waals surface area (Å²) in [6, 6.07) is 11.5. The molecule has 0 radical (unpaired) electrons. The van der Waals surface area contributed by atoms with Gasteiger partial charge in [-0.2, -0.15) is 0 Å². The highest BCUT2D eigenvalue weighted by molar-refractivity contribution is 6.05. The minimum atomic E-state index is -0.210. The van der Waals surface area contributed by atoms with Crippen LogP contribution in [0.15, 0.2) is 73.5 Å². The summed E-state index contributed by atoms with van der Waals surface area (Å²) in [5, 5.41) is 3.75. The first-order valence-corrected chi connectivity index (χ1v) is 8.43. The molecule has 4 aromatic rings. The lowest BCUT2D eigenvalue weighted by atomic mass is 10.0. The van der Waals surface area contributed by atoms with Crippen molar-refractivity contribution in [2.45, 2.75) is 6.92 Å². The Morgan fingerprint density at radius 3 is 2.78 bits per heavy atom. The van der Waals surface area contributed by atoms with Crippen molar-refractivity contribution in [2.75, 3.05) is 5.32 Å². The van der Waals surface area contributed by atoms with Gasteiger partial charge in [0.1, 0.15) is 12.0 Å². The molecule has 6 nitrogen and oxygen atoms in total. The van der Waals surface area contributed by atoms with Gasteiger partial charge in [0.25, 0.3) is 5.91 Å². The van der Waals surface area contributed by atoms with E-state index in [4.69, 9.17) is 0 Å². The molecule has 27 heavy (non-hydrogen) atoms. The van der Waals surface area contributed by atoms with Crippen molar-refractivity contribution < 1.29 is 4.79 Å². The van der Waals surface area contributed by atoms with Crippen LogP contribution in [0.5, 0.6) is 0 Å². The molecule has 0 unspecified atom stereocenters. The standard InChI is InChI=1S/C21H17N5O/c1-13(2)21(27)26-16-7-3-5-14(9-16)19-18-17(15-6-4-8-22-10-15)11-23-20(18)25-12-24-19/h3-12H,1H2,2H3,(H,26,27)(H,23,24,25). The lowest BCUT2D eigenvalue weighted by molar-refractivity contribution is -0.112. The van der Waals surface area contributed by atoms with E-state index in [1.807, 2.05) is 48.8 Å². The summed E-state index contributed by atoms with van der Waals surface area (Å²) in [6.07, 6.45) is 6.99. The van der Waals surface area contributed by atoms with E-state index in [-0.39, 0.29) is 5.91 Å². The van der Waals surface area contributed by atoms with E-state index in [1.54, 1.807) is 13.1 Å². The molecule has 1 aromatic carbocycles. The predicted octanol–water partition coefficient (Wildman–Crippen LogP) is 4.20. The number of hydrogen-bond acceptors (Lipinski definition) is 4. The van der Waals surface area contributed by atoms with Crippen LogP contribution in [0.3, 0.4) is 0 Å². The van der Waals surface area contributed by atoms with Gasteiger partial charge in [-0.05, 0) is 25.1 Å². The average molecular weight is 355 g/mol. The summed E-state index contributed by atoms with van der Waals surface area (Å²) >= 11 is 0. The molecule has 1 amide bonds. The van der Waals surface area contributed by atoms with Gasteiger partial charge in [-0.1, -0.05) is 24.8 Å². The number of aromatic amines is 1. The summed E-state index contributed by atoms with van der Waals surface area (Å²) < 4.78 is 0. The highest BCUT2D eigenvalue weighted by atomic mass is 16.1. The van der Waals surface area contributed by atoms with Crippen molar-refractivity contribution in [1.82, 2.24) is 19.9 Å². The maximum absolute atomic E-state index is 11.9. The molecule has 0 fully saturated rings. The van der Waals surface area contributed by atoms with Crippen LogP contribution < -0.4 is 5.32 Å². The summed E-state index contributed by atoms with van der Waals surface area (Å²) in [5.74, 6) is -0.210. The van der Waals surface area contributed by atoms with Crippen molar-refractivity contribution >= 4 is 22.6 Å². The Morgan fingerprint density at radius 2 is 2.00 bits per heavy atom. The van der Waals surface area contributed by atoms with Crippen LogP contribution in [0.2, 0.25) is 0 Å². The van der Waals surface area contributed by atoms with Gasteiger partial charge in [0.15, 0.2) is 0 Å². The molecule has 0 aliphatic heterocycles. The zero-order valence-corrected chi connectivity index (χ0v) is 14.7. The first-order chi connectivity index (χ1) is 13.1. The molecule has 0 saturated heterocycles. The Balaban J connectivity index is 1.84. The third kappa shape index (κ3) is 3.20. The first kappa shape index (κ1) is 16.7. The molecule has 0 aliphatic carbocycles. The normalized spacial score (nSPS) is 10.7. The SMILES string of the molecule is C=C(C)C(=O)Nc1cccc(-c2ncnc3[nH]cc(-c4cccnc4)c23)c1. The molecule has 132 valence electrons. The monoisotopic (exact) mass is 355 g/mol. The number of hydrogen-bond donors (Lipinski definition) is 2. The van der Waals surface area contributed by atoms with Gasteiger partial charge < -0.3 is 10.3 Å². The fourth-order valence-electron chi connectivity index (χ4n) is 2.91. The van der Waals surface area contributed by atoms with Crippen LogP contribution in [-0.4, -0.2) is 25.8 Å². The Labute approximate surface area is 156 Å². The number of anilines is 1. The van der Waals surface area contributed by atoms with Crippen LogP contribution in [0, 0.1) is 0 Å².